The van der Waals surface area contributed by atoms with Crippen LogP contribution in [-0.4, -0.2) is 49.0 Å². The summed E-state index contributed by atoms with van der Waals surface area (Å²) in [4.78, 5) is 42.5. The van der Waals surface area contributed by atoms with Crippen molar-refractivity contribution in [3.63, 3.8) is 0 Å². The molecule has 11 heteroatoms. The van der Waals surface area contributed by atoms with Crippen LogP contribution in [0.4, 0.5) is 0 Å². The first-order valence-corrected chi connectivity index (χ1v) is 12.4. The Labute approximate surface area is 221 Å². The first kappa shape index (κ1) is 26.7. The number of carboxylic acid groups (broad SMARTS) is 1. The van der Waals surface area contributed by atoms with Gasteiger partial charge in [-0.05, 0) is 55.3 Å². The molecule has 0 saturated heterocycles. The van der Waals surface area contributed by atoms with Crippen molar-refractivity contribution in [2.75, 3.05) is 27.4 Å². The van der Waals surface area contributed by atoms with Gasteiger partial charge in [-0.2, -0.15) is 0 Å². The predicted octanol–water partition coefficient (Wildman–Crippen LogP) is 2.28. The molecule has 1 atom stereocenters. The number of thiazole rings is 1. The van der Waals surface area contributed by atoms with Crippen molar-refractivity contribution in [2.24, 2.45) is 4.99 Å². The molecular weight excluding hydrogens is 512 g/mol. The fraction of sp³-hybridized carbons (Fsp3) is 0.259. The fourth-order valence-electron chi connectivity index (χ4n) is 4.09. The van der Waals surface area contributed by atoms with E-state index in [-0.39, 0.29) is 17.7 Å². The first-order chi connectivity index (χ1) is 18.3. The molecule has 0 aliphatic carbocycles. The van der Waals surface area contributed by atoms with Crippen molar-refractivity contribution in [3.8, 4) is 17.2 Å². The Kier molecular flexibility index (Phi) is 7.96. The second-order valence-electron chi connectivity index (χ2n) is 8.17. The maximum atomic E-state index is 13.7. The van der Waals surface area contributed by atoms with Crippen molar-refractivity contribution >= 4 is 29.4 Å². The Morgan fingerprint density at radius 1 is 1.11 bits per heavy atom. The van der Waals surface area contributed by atoms with Gasteiger partial charge < -0.3 is 24.1 Å². The molecule has 1 aliphatic heterocycles. The molecule has 0 bridgehead atoms. The standard InChI is InChI=1S/C27H26N2O8S/c1-5-36-26(33)23-15(2)28-27-29(24(23)17-8-11-19(34-3)20(13-17)35-4)25(32)21(38-27)12-16-6-9-18(10-7-16)37-14-22(30)31/h6-13,24H,5,14H2,1-4H3,(H,30,31)/b21-12+/t24-/m0/s1. The number of benzene rings is 2. The summed E-state index contributed by atoms with van der Waals surface area (Å²) in [6.07, 6.45) is 1.71. The number of nitrogens with zero attached hydrogens (tertiary/aromatic N) is 2. The summed E-state index contributed by atoms with van der Waals surface area (Å²) in [5, 5.41) is 8.77. The zero-order valence-electron chi connectivity index (χ0n) is 21.2. The lowest BCUT2D eigenvalue weighted by Gasteiger charge is -2.25. The number of rotatable bonds is 9. The highest BCUT2D eigenvalue weighted by Gasteiger charge is 2.33. The maximum absolute atomic E-state index is 13.7. The predicted molar refractivity (Wildman–Crippen MR) is 140 cm³/mol. The molecule has 1 aliphatic rings. The Morgan fingerprint density at radius 3 is 2.45 bits per heavy atom. The van der Waals surface area contributed by atoms with Crippen molar-refractivity contribution in [3.05, 3.63) is 84.5 Å². The molecule has 3 aromatic rings. The first-order valence-electron chi connectivity index (χ1n) is 11.6. The van der Waals surface area contributed by atoms with E-state index in [2.05, 4.69) is 4.99 Å². The van der Waals surface area contributed by atoms with Crippen LogP contribution in [0.1, 0.15) is 31.0 Å². The highest BCUT2D eigenvalue weighted by Crippen LogP contribution is 2.36. The minimum Gasteiger partial charge on any atom is -0.493 e. The summed E-state index contributed by atoms with van der Waals surface area (Å²) < 4.78 is 23.2. The van der Waals surface area contributed by atoms with Gasteiger partial charge in [0.25, 0.3) is 5.56 Å². The number of hydrogen-bond donors (Lipinski definition) is 1. The molecule has 2 aromatic carbocycles. The number of carboxylic acids is 1. The lowest BCUT2D eigenvalue weighted by atomic mass is 9.95. The van der Waals surface area contributed by atoms with E-state index in [1.54, 1.807) is 62.4 Å². The number of fused-ring (bicyclic) bond motifs is 1. The average Bonchev–Trinajstić information content (AvgIpc) is 3.21. The largest absolute Gasteiger partial charge is 0.493 e. The van der Waals surface area contributed by atoms with Gasteiger partial charge in [-0.1, -0.05) is 29.5 Å². The van der Waals surface area contributed by atoms with E-state index < -0.39 is 24.6 Å². The molecule has 38 heavy (non-hydrogen) atoms. The lowest BCUT2D eigenvalue weighted by molar-refractivity contribution is -0.140. The molecule has 1 N–H and O–H groups in total. The third-order valence-corrected chi connectivity index (χ3v) is 6.76. The Bertz CT molecular complexity index is 1580. The highest BCUT2D eigenvalue weighted by atomic mass is 32.1. The summed E-state index contributed by atoms with van der Waals surface area (Å²) in [5.74, 6) is -0.265. The summed E-state index contributed by atoms with van der Waals surface area (Å²) in [6, 6.07) is 11.1. The Morgan fingerprint density at radius 2 is 1.82 bits per heavy atom. The molecule has 4 rings (SSSR count). The molecule has 0 spiro atoms. The molecule has 0 unspecified atom stereocenters. The van der Waals surface area contributed by atoms with Crippen molar-refractivity contribution in [2.45, 2.75) is 19.9 Å². The van der Waals surface area contributed by atoms with Gasteiger partial charge in [0, 0.05) is 0 Å². The zero-order chi connectivity index (χ0) is 27.4. The van der Waals surface area contributed by atoms with Crippen LogP contribution in [-0.2, 0) is 14.3 Å². The van der Waals surface area contributed by atoms with Gasteiger partial charge in [0.05, 0.1) is 42.7 Å². The van der Waals surface area contributed by atoms with Crippen LogP contribution >= 0.6 is 11.3 Å². The van der Waals surface area contributed by atoms with Crippen LogP contribution in [0.25, 0.3) is 6.08 Å². The molecule has 0 saturated carbocycles. The van der Waals surface area contributed by atoms with Crippen LogP contribution in [0, 0.1) is 0 Å². The molecule has 1 aromatic heterocycles. The third kappa shape index (κ3) is 5.32. The van der Waals surface area contributed by atoms with Crippen molar-refractivity contribution in [1.82, 2.24) is 4.57 Å². The van der Waals surface area contributed by atoms with E-state index in [4.69, 9.17) is 24.1 Å². The zero-order valence-corrected chi connectivity index (χ0v) is 22.0. The lowest BCUT2D eigenvalue weighted by Crippen LogP contribution is -2.39. The quantitative estimate of drug-likeness (QED) is 0.412. The molecule has 2 heterocycles. The number of ether oxygens (including phenoxy) is 4. The molecule has 10 nitrogen and oxygen atoms in total. The Hall–Kier alpha value is -4.38. The van der Waals surface area contributed by atoms with Crippen LogP contribution < -0.4 is 29.1 Å². The van der Waals surface area contributed by atoms with E-state index >= 15 is 0 Å². The number of hydrogen-bond acceptors (Lipinski definition) is 9. The second kappa shape index (κ2) is 11.3. The number of aromatic nitrogens is 1. The van der Waals surface area contributed by atoms with Crippen LogP contribution in [0.2, 0.25) is 0 Å². The number of carbonyl (C=O) groups excluding carboxylic acids is 1. The van der Waals surface area contributed by atoms with Crippen LogP contribution in [0.15, 0.2) is 63.5 Å². The van der Waals surface area contributed by atoms with E-state index in [0.29, 0.717) is 43.4 Å². The Balaban J connectivity index is 1.85. The number of methoxy groups -OCH3 is 2. The second-order valence-corrected chi connectivity index (χ2v) is 9.18. The fourth-order valence-corrected chi connectivity index (χ4v) is 5.13. The summed E-state index contributed by atoms with van der Waals surface area (Å²) >= 11 is 1.20. The topological polar surface area (TPSA) is 126 Å². The van der Waals surface area contributed by atoms with Gasteiger partial charge >= 0.3 is 11.9 Å². The monoisotopic (exact) mass is 538 g/mol. The van der Waals surface area contributed by atoms with Gasteiger partial charge in [0.2, 0.25) is 0 Å². The van der Waals surface area contributed by atoms with Gasteiger partial charge in [-0.3, -0.25) is 9.36 Å². The normalized spacial score (nSPS) is 14.9. The molecule has 0 amide bonds. The van der Waals surface area contributed by atoms with Crippen molar-refractivity contribution < 1.29 is 33.6 Å². The number of esters is 1. The number of allylic oxidation sites excluding steroid dienone is 1. The van der Waals surface area contributed by atoms with Crippen molar-refractivity contribution in [1.29, 1.82) is 0 Å². The van der Waals surface area contributed by atoms with E-state index in [1.165, 1.54) is 30.1 Å². The van der Waals surface area contributed by atoms with Gasteiger partial charge in [-0.25, -0.2) is 14.6 Å². The average molecular weight is 539 g/mol. The van der Waals surface area contributed by atoms with Gasteiger partial charge in [-0.15, -0.1) is 0 Å². The minimum atomic E-state index is -1.07. The smallest absolute Gasteiger partial charge is 0.341 e. The van der Waals surface area contributed by atoms with Gasteiger partial charge in [0.1, 0.15) is 5.75 Å². The van der Waals surface area contributed by atoms with E-state index in [1.807, 2.05) is 0 Å². The minimum absolute atomic E-state index is 0.171. The molecule has 0 fully saturated rings. The summed E-state index contributed by atoms with van der Waals surface area (Å²) in [5.41, 5.74) is 1.73. The molecular formula is C27H26N2O8S. The van der Waals surface area contributed by atoms with Gasteiger partial charge in [0.15, 0.2) is 22.9 Å². The van der Waals surface area contributed by atoms with Crippen LogP contribution in [0.5, 0.6) is 17.2 Å². The SMILES string of the molecule is CCOC(=O)C1=C(C)N=c2s/c(=C/c3ccc(OCC(=O)O)cc3)c(=O)n2[C@H]1c1ccc(OC)c(OC)c1. The van der Waals surface area contributed by atoms with E-state index in [0.717, 1.165) is 0 Å². The van der Waals surface area contributed by atoms with Crippen LogP contribution in [0.3, 0.4) is 0 Å². The molecule has 0 radical (unpaired) electrons. The summed E-state index contributed by atoms with van der Waals surface area (Å²) in [7, 11) is 3.04. The third-order valence-electron chi connectivity index (χ3n) is 5.78. The maximum Gasteiger partial charge on any atom is 0.341 e. The van der Waals surface area contributed by atoms with E-state index in [9.17, 15) is 14.4 Å². The molecule has 198 valence electrons. The number of carbonyl (C=O) groups is 2. The highest BCUT2D eigenvalue weighted by molar-refractivity contribution is 7.07. The summed E-state index contributed by atoms with van der Waals surface area (Å²) in [6.45, 7) is 3.15. The number of aliphatic carboxylic acids is 1.